The second kappa shape index (κ2) is 7.66. The number of hydrogen-bond donors (Lipinski definition) is 1. The van der Waals surface area contributed by atoms with Gasteiger partial charge in [-0.05, 0) is 29.8 Å². The van der Waals surface area contributed by atoms with E-state index in [1.165, 1.54) is 12.1 Å². The Balaban J connectivity index is 1.68. The lowest BCUT2D eigenvalue weighted by Gasteiger charge is -2.38. The molecule has 0 spiro atoms. The van der Waals surface area contributed by atoms with Gasteiger partial charge in [0.15, 0.2) is 0 Å². The molecule has 1 aromatic heterocycles. The van der Waals surface area contributed by atoms with Crippen molar-refractivity contribution in [2.45, 2.75) is 18.7 Å². The highest BCUT2D eigenvalue weighted by Gasteiger charge is 2.46. The predicted molar refractivity (Wildman–Crippen MR) is 99.1 cm³/mol. The Hall–Kier alpha value is -3.34. The number of oxazole rings is 1. The number of amides is 1. The molecule has 1 amide bonds. The number of likely N-dealkylation sites (tertiary alicyclic amines) is 1. The molecule has 32 heavy (non-hydrogen) atoms. The zero-order chi connectivity index (χ0) is 23.3. The third-order valence-corrected chi connectivity index (χ3v) is 4.92. The first-order valence-electron chi connectivity index (χ1n) is 9.23. The number of rotatable bonds is 4. The number of aliphatic hydroxyl groups excluding tert-OH is 1. The van der Waals surface area contributed by atoms with Crippen molar-refractivity contribution in [1.29, 1.82) is 0 Å². The first-order chi connectivity index (χ1) is 15.0. The molecule has 0 aliphatic carbocycles. The maximum absolute atomic E-state index is 14.7. The smallest absolute Gasteiger partial charge is 0.417 e. The van der Waals surface area contributed by atoms with Crippen LogP contribution in [0.2, 0.25) is 0 Å². The van der Waals surface area contributed by atoms with Crippen molar-refractivity contribution in [2.24, 2.45) is 0 Å². The van der Waals surface area contributed by atoms with Gasteiger partial charge in [-0.2, -0.15) is 13.2 Å². The van der Waals surface area contributed by atoms with Crippen LogP contribution >= 0.6 is 0 Å². The molecule has 0 saturated carbocycles. The molecule has 1 aliphatic rings. The van der Waals surface area contributed by atoms with Crippen molar-refractivity contribution in [3.05, 3.63) is 65.3 Å². The van der Waals surface area contributed by atoms with Gasteiger partial charge in [-0.15, -0.1) is 0 Å². The minimum absolute atomic E-state index is 0.0246. The Morgan fingerprint density at radius 2 is 1.81 bits per heavy atom. The minimum atomic E-state index is -4.83. The van der Waals surface area contributed by atoms with Crippen molar-refractivity contribution in [2.75, 3.05) is 13.1 Å². The highest BCUT2D eigenvalue weighted by atomic mass is 19.4. The van der Waals surface area contributed by atoms with Crippen LogP contribution in [0, 0.1) is 5.82 Å². The number of halogens is 6. The van der Waals surface area contributed by atoms with E-state index in [0.29, 0.717) is 6.07 Å². The quantitative estimate of drug-likeness (QED) is 0.576. The molecule has 3 aromatic rings. The van der Waals surface area contributed by atoms with Crippen LogP contribution in [-0.2, 0) is 12.8 Å². The summed E-state index contributed by atoms with van der Waals surface area (Å²) < 4.78 is 86.7. The van der Waals surface area contributed by atoms with Crippen LogP contribution in [0.4, 0.5) is 26.3 Å². The van der Waals surface area contributed by atoms with Crippen LogP contribution in [0.1, 0.15) is 21.7 Å². The zero-order valence-electron chi connectivity index (χ0n) is 16.1. The monoisotopic (exact) mass is 456 g/mol. The summed E-state index contributed by atoms with van der Waals surface area (Å²) >= 11 is 0. The number of benzene rings is 2. The summed E-state index contributed by atoms with van der Waals surface area (Å²) in [6.07, 6.45) is -3.74. The Labute approximate surface area is 176 Å². The molecule has 1 saturated heterocycles. The van der Waals surface area contributed by atoms with Crippen LogP contribution in [0.5, 0.6) is 0 Å². The number of aromatic nitrogens is 1. The number of hydrogen-bond acceptors (Lipinski definition) is 4. The van der Waals surface area contributed by atoms with Gasteiger partial charge in [-0.1, -0.05) is 12.1 Å². The van der Waals surface area contributed by atoms with Crippen molar-refractivity contribution < 1.29 is 40.7 Å². The number of alkyl halides is 5. The lowest BCUT2D eigenvalue weighted by molar-refractivity contribution is -0.137. The fourth-order valence-electron chi connectivity index (χ4n) is 3.36. The fourth-order valence-corrected chi connectivity index (χ4v) is 3.36. The summed E-state index contributed by atoms with van der Waals surface area (Å²) in [4.78, 5) is 16.7. The van der Waals surface area contributed by atoms with Gasteiger partial charge < -0.3 is 14.4 Å². The molecule has 168 valence electrons. The molecule has 1 aliphatic heterocycles. The van der Waals surface area contributed by atoms with Gasteiger partial charge in [0.05, 0.1) is 24.8 Å². The van der Waals surface area contributed by atoms with Gasteiger partial charge in [0.2, 0.25) is 5.89 Å². The molecule has 4 rings (SSSR count). The highest BCUT2D eigenvalue weighted by Crippen LogP contribution is 2.40. The maximum atomic E-state index is 14.7. The summed E-state index contributed by atoms with van der Waals surface area (Å²) in [6.45, 7) is -2.09. The van der Waals surface area contributed by atoms with Gasteiger partial charge in [0, 0.05) is 16.7 Å². The van der Waals surface area contributed by atoms with E-state index in [-0.39, 0.29) is 28.3 Å². The SMILES string of the molecule is O=C(c1ccc(-c2ccc(-c3ncc(CO)o3)c(C(F)(F)F)c2)c(F)c1)N1CC(F)(F)C1. The predicted octanol–water partition coefficient (Wildman–Crippen LogP) is 4.75. The van der Waals surface area contributed by atoms with E-state index < -0.39 is 54.6 Å². The second-order valence-electron chi connectivity index (χ2n) is 7.26. The largest absolute Gasteiger partial charge is 0.439 e. The first-order valence-corrected chi connectivity index (χ1v) is 9.23. The van der Waals surface area contributed by atoms with E-state index in [1.807, 2.05) is 0 Å². The van der Waals surface area contributed by atoms with E-state index in [4.69, 9.17) is 9.52 Å². The third kappa shape index (κ3) is 4.07. The topological polar surface area (TPSA) is 66.6 Å². The molecule has 1 N–H and O–H groups in total. The Bertz CT molecular complexity index is 1180. The third-order valence-electron chi connectivity index (χ3n) is 4.92. The second-order valence-corrected chi connectivity index (χ2v) is 7.26. The number of aliphatic hydroxyl groups is 1. The molecule has 0 bridgehead atoms. The van der Waals surface area contributed by atoms with Gasteiger partial charge in [0.25, 0.3) is 11.8 Å². The van der Waals surface area contributed by atoms with Crippen molar-refractivity contribution in [3.8, 4) is 22.6 Å². The molecule has 2 aromatic carbocycles. The molecule has 0 atom stereocenters. The number of nitrogens with zero attached hydrogens (tertiary/aromatic N) is 2. The first kappa shape index (κ1) is 21.9. The van der Waals surface area contributed by atoms with Crippen LogP contribution < -0.4 is 0 Å². The average Bonchev–Trinajstić information content (AvgIpc) is 3.19. The van der Waals surface area contributed by atoms with E-state index in [9.17, 15) is 31.1 Å². The summed E-state index contributed by atoms with van der Waals surface area (Å²) in [5.41, 5.74) is -2.06. The lowest BCUT2D eigenvalue weighted by Crippen LogP contribution is -2.58. The van der Waals surface area contributed by atoms with Gasteiger partial charge in [-0.25, -0.2) is 18.2 Å². The van der Waals surface area contributed by atoms with Gasteiger partial charge in [0.1, 0.15) is 18.2 Å². The van der Waals surface area contributed by atoms with E-state index >= 15 is 0 Å². The zero-order valence-corrected chi connectivity index (χ0v) is 16.1. The van der Waals surface area contributed by atoms with Crippen molar-refractivity contribution in [1.82, 2.24) is 9.88 Å². The van der Waals surface area contributed by atoms with Crippen LogP contribution in [0.15, 0.2) is 47.0 Å². The van der Waals surface area contributed by atoms with E-state index in [1.54, 1.807) is 0 Å². The van der Waals surface area contributed by atoms with Gasteiger partial charge in [-0.3, -0.25) is 4.79 Å². The lowest BCUT2D eigenvalue weighted by atomic mass is 9.97. The van der Waals surface area contributed by atoms with E-state index in [2.05, 4.69) is 4.98 Å². The molecule has 2 heterocycles. The van der Waals surface area contributed by atoms with Crippen LogP contribution in [0.25, 0.3) is 22.6 Å². The van der Waals surface area contributed by atoms with Crippen LogP contribution in [-0.4, -0.2) is 39.9 Å². The molecule has 11 heteroatoms. The molecular weight excluding hydrogens is 442 g/mol. The Morgan fingerprint density at radius 1 is 1.12 bits per heavy atom. The summed E-state index contributed by atoms with van der Waals surface area (Å²) in [6, 6.07) is 6.09. The van der Waals surface area contributed by atoms with Crippen LogP contribution in [0.3, 0.4) is 0 Å². The van der Waals surface area contributed by atoms with Crippen molar-refractivity contribution in [3.63, 3.8) is 0 Å². The highest BCUT2D eigenvalue weighted by molar-refractivity contribution is 5.95. The standard InChI is InChI=1S/C21H14F6N2O3/c22-17-6-12(19(31)29-9-20(23,24)10-29)2-3-14(17)11-1-4-15(16(5-11)21(25,26)27)18-28-7-13(8-30)32-18/h1-7,30H,8-10H2. The maximum Gasteiger partial charge on any atom is 0.417 e. The summed E-state index contributed by atoms with van der Waals surface area (Å²) in [7, 11) is 0. The summed E-state index contributed by atoms with van der Waals surface area (Å²) in [5, 5.41) is 9.03. The normalized spacial score (nSPS) is 15.5. The van der Waals surface area contributed by atoms with Crippen molar-refractivity contribution >= 4 is 5.91 Å². The minimum Gasteiger partial charge on any atom is -0.439 e. The molecule has 0 unspecified atom stereocenters. The molecule has 0 radical (unpaired) electrons. The van der Waals surface area contributed by atoms with Gasteiger partial charge >= 0.3 is 6.18 Å². The molecule has 5 nitrogen and oxygen atoms in total. The van der Waals surface area contributed by atoms with E-state index in [0.717, 1.165) is 29.3 Å². The Kier molecular flexibility index (Phi) is 5.24. The number of carbonyl (C=O) groups excluding carboxylic acids is 1. The molecular formula is C21H14F6N2O3. The Morgan fingerprint density at radius 3 is 2.38 bits per heavy atom. The summed E-state index contributed by atoms with van der Waals surface area (Å²) in [5.74, 6) is -5.15. The average molecular weight is 456 g/mol. The fraction of sp³-hybridized carbons (Fsp3) is 0.238. The molecule has 1 fully saturated rings. The number of carbonyl (C=O) groups is 1.